The Bertz CT molecular complexity index is 731. The molecule has 0 atom stereocenters. The van der Waals surface area contributed by atoms with Crippen LogP contribution in [0.2, 0.25) is 0 Å². The van der Waals surface area contributed by atoms with Crippen molar-refractivity contribution < 1.29 is 4.74 Å². The van der Waals surface area contributed by atoms with E-state index in [2.05, 4.69) is 21.7 Å². The Labute approximate surface area is 124 Å². The fourth-order valence-corrected chi connectivity index (χ4v) is 3.15. The number of hydrogen-bond donors (Lipinski definition) is 0. The van der Waals surface area contributed by atoms with Gasteiger partial charge in [0.05, 0.1) is 7.11 Å². The molecule has 0 fully saturated rings. The van der Waals surface area contributed by atoms with E-state index in [9.17, 15) is 0 Å². The topological polar surface area (TPSA) is 47.4 Å². The van der Waals surface area contributed by atoms with Crippen molar-refractivity contribution in [2.24, 2.45) is 4.99 Å². The van der Waals surface area contributed by atoms with Gasteiger partial charge in [0.2, 0.25) is 5.13 Å². The van der Waals surface area contributed by atoms with E-state index in [1.165, 1.54) is 11.3 Å². The Morgan fingerprint density at radius 3 is 2.40 bits per heavy atom. The molecule has 0 aliphatic heterocycles. The zero-order valence-electron chi connectivity index (χ0n) is 10.7. The van der Waals surface area contributed by atoms with E-state index in [4.69, 9.17) is 4.74 Å². The molecule has 0 radical (unpaired) electrons. The fraction of sp³-hybridized carbons (Fsp3) is 0.0714. The quantitative estimate of drug-likeness (QED) is 0.676. The van der Waals surface area contributed by atoms with Crippen LogP contribution in [-0.4, -0.2) is 23.8 Å². The fourth-order valence-electron chi connectivity index (χ4n) is 1.71. The Kier molecular flexibility index (Phi) is 3.58. The lowest BCUT2D eigenvalue weighted by atomic mass is 10.2. The Balaban J connectivity index is 1.90. The summed E-state index contributed by atoms with van der Waals surface area (Å²) in [4.78, 5) is 12.8. The zero-order chi connectivity index (χ0) is 13.9. The smallest absolute Gasteiger partial charge is 0.209 e. The van der Waals surface area contributed by atoms with Crippen molar-refractivity contribution in [3.8, 4) is 27.7 Å². The average molecular weight is 301 g/mol. The molecule has 0 unspecified atom stereocenters. The molecule has 0 bridgehead atoms. The number of aliphatic imine (C=N–C) groups is 1. The molecule has 2 aromatic heterocycles. The molecule has 20 heavy (non-hydrogen) atoms. The minimum absolute atomic E-state index is 0.666. The van der Waals surface area contributed by atoms with Crippen molar-refractivity contribution in [3.05, 3.63) is 35.0 Å². The van der Waals surface area contributed by atoms with Crippen LogP contribution < -0.4 is 4.74 Å². The lowest BCUT2D eigenvalue weighted by Crippen LogP contribution is -1.83. The van der Waals surface area contributed by atoms with Gasteiger partial charge in [-0.25, -0.2) is 15.0 Å². The molecule has 0 saturated carbocycles. The summed E-state index contributed by atoms with van der Waals surface area (Å²) >= 11 is 3.06. The highest BCUT2D eigenvalue weighted by Gasteiger charge is 2.09. The molecule has 2 heterocycles. The standard InChI is InChI=1S/C14H11N3OS2/c1-15-14-17-12(8-20-14)11-7-19-13(16-11)9-3-5-10(18-2)6-4-9/h3-8H,1H2,2H3. The maximum absolute atomic E-state index is 5.15. The summed E-state index contributed by atoms with van der Waals surface area (Å²) in [7, 11) is 1.66. The van der Waals surface area contributed by atoms with Gasteiger partial charge in [-0.3, -0.25) is 0 Å². The summed E-state index contributed by atoms with van der Waals surface area (Å²) in [5.41, 5.74) is 2.78. The maximum atomic E-state index is 5.15. The maximum Gasteiger partial charge on any atom is 0.209 e. The summed E-state index contributed by atoms with van der Waals surface area (Å²) in [6.07, 6.45) is 0. The van der Waals surface area contributed by atoms with Gasteiger partial charge in [0.1, 0.15) is 22.1 Å². The van der Waals surface area contributed by atoms with Crippen molar-refractivity contribution in [1.82, 2.24) is 9.97 Å². The van der Waals surface area contributed by atoms with Gasteiger partial charge in [0, 0.05) is 16.3 Å². The predicted octanol–water partition coefficient (Wildman–Crippen LogP) is 4.27. The minimum atomic E-state index is 0.666. The monoisotopic (exact) mass is 301 g/mol. The Morgan fingerprint density at radius 2 is 1.75 bits per heavy atom. The molecule has 0 amide bonds. The number of nitrogens with zero attached hydrogens (tertiary/aromatic N) is 3. The van der Waals surface area contributed by atoms with Crippen LogP contribution in [0.1, 0.15) is 0 Å². The van der Waals surface area contributed by atoms with Gasteiger partial charge >= 0.3 is 0 Å². The summed E-state index contributed by atoms with van der Waals surface area (Å²) < 4.78 is 5.15. The van der Waals surface area contributed by atoms with E-state index in [0.29, 0.717) is 5.13 Å². The van der Waals surface area contributed by atoms with E-state index in [1.807, 2.05) is 35.0 Å². The predicted molar refractivity (Wildman–Crippen MR) is 84.4 cm³/mol. The third-order valence-electron chi connectivity index (χ3n) is 2.73. The number of methoxy groups -OCH3 is 1. The number of benzene rings is 1. The number of thiazole rings is 2. The van der Waals surface area contributed by atoms with E-state index >= 15 is 0 Å². The second-order valence-corrected chi connectivity index (χ2v) is 5.63. The van der Waals surface area contributed by atoms with Gasteiger partial charge in [-0.15, -0.1) is 22.7 Å². The normalized spacial score (nSPS) is 10.4. The van der Waals surface area contributed by atoms with Crippen molar-refractivity contribution in [1.29, 1.82) is 0 Å². The zero-order valence-corrected chi connectivity index (χ0v) is 12.4. The third-order valence-corrected chi connectivity index (χ3v) is 4.39. The van der Waals surface area contributed by atoms with Crippen LogP contribution in [0.3, 0.4) is 0 Å². The molecule has 3 aromatic rings. The van der Waals surface area contributed by atoms with Crippen LogP contribution in [0.25, 0.3) is 22.0 Å². The number of rotatable bonds is 4. The summed E-state index contributed by atoms with van der Waals surface area (Å²) in [5.74, 6) is 0.840. The second kappa shape index (κ2) is 5.52. The van der Waals surface area contributed by atoms with Crippen LogP contribution in [-0.2, 0) is 0 Å². The van der Waals surface area contributed by atoms with E-state index < -0.39 is 0 Å². The Hall–Kier alpha value is -2.05. The first-order chi connectivity index (χ1) is 9.80. The van der Waals surface area contributed by atoms with Crippen molar-refractivity contribution in [2.45, 2.75) is 0 Å². The molecule has 0 saturated heterocycles. The lowest BCUT2D eigenvalue weighted by Gasteiger charge is -2.00. The molecule has 1 aromatic carbocycles. The van der Waals surface area contributed by atoms with Gasteiger partial charge in [-0.05, 0) is 31.0 Å². The van der Waals surface area contributed by atoms with Gasteiger partial charge < -0.3 is 4.74 Å². The molecule has 0 spiro atoms. The number of ether oxygens (including phenoxy) is 1. The van der Waals surface area contributed by atoms with Gasteiger partial charge in [0.15, 0.2) is 0 Å². The highest BCUT2D eigenvalue weighted by atomic mass is 32.1. The molecule has 0 aliphatic carbocycles. The van der Waals surface area contributed by atoms with Crippen LogP contribution in [0.15, 0.2) is 40.0 Å². The molecule has 4 nitrogen and oxygen atoms in total. The van der Waals surface area contributed by atoms with Crippen LogP contribution in [0, 0.1) is 0 Å². The molecule has 0 aliphatic rings. The van der Waals surface area contributed by atoms with E-state index in [0.717, 1.165) is 27.7 Å². The van der Waals surface area contributed by atoms with Crippen LogP contribution in [0.4, 0.5) is 5.13 Å². The van der Waals surface area contributed by atoms with Crippen molar-refractivity contribution in [3.63, 3.8) is 0 Å². The number of aromatic nitrogens is 2. The highest BCUT2D eigenvalue weighted by Crippen LogP contribution is 2.31. The van der Waals surface area contributed by atoms with Gasteiger partial charge in [-0.1, -0.05) is 0 Å². The molecule has 6 heteroatoms. The largest absolute Gasteiger partial charge is 0.497 e. The van der Waals surface area contributed by atoms with Gasteiger partial charge in [-0.2, -0.15) is 0 Å². The molecule has 3 rings (SSSR count). The molecular formula is C14H11N3OS2. The summed E-state index contributed by atoms with van der Waals surface area (Å²) in [5, 5.41) is 5.57. The Morgan fingerprint density at radius 1 is 1.05 bits per heavy atom. The van der Waals surface area contributed by atoms with E-state index in [-0.39, 0.29) is 0 Å². The first-order valence-corrected chi connectivity index (χ1v) is 7.58. The highest BCUT2D eigenvalue weighted by molar-refractivity contribution is 7.14. The average Bonchev–Trinajstić information content (AvgIpc) is 3.16. The van der Waals surface area contributed by atoms with Crippen molar-refractivity contribution in [2.75, 3.05) is 7.11 Å². The third kappa shape index (κ3) is 2.48. The second-order valence-electron chi connectivity index (χ2n) is 3.94. The van der Waals surface area contributed by atoms with Crippen LogP contribution in [0.5, 0.6) is 5.75 Å². The molecule has 0 N–H and O–H groups in total. The SMILES string of the molecule is C=Nc1nc(-c2csc(-c3ccc(OC)cc3)n2)cs1. The first kappa shape index (κ1) is 13.0. The van der Waals surface area contributed by atoms with Gasteiger partial charge in [0.25, 0.3) is 0 Å². The first-order valence-electron chi connectivity index (χ1n) is 5.83. The van der Waals surface area contributed by atoms with Crippen molar-refractivity contribution >= 4 is 34.5 Å². The lowest BCUT2D eigenvalue weighted by molar-refractivity contribution is 0.415. The molecule has 100 valence electrons. The van der Waals surface area contributed by atoms with E-state index in [1.54, 1.807) is 18.4 Å². The van der Waals surface area contributed by atoms with Crippen LogP contribution >= 0.6 is 22.7 Å². The minimum Gasteiger partial charge on any atom is -0.497 e. The summed E-state index contributed by atoms with van der Waals surface area (Å²) in [6.45, 7) is 3.48. The molecular weight excluding hydrogens is 290 g/mol. The summed E-state index contributed by atoms with van der Waals surface area (Å²) in [6, 6.07) is 7.86. The number of hydrogen-bond acceptors (Lipinski definition) is 6.